The van der Waals surface area contributed by atoms with Crippen LogP contribution in [0.15, 0.2) is 47.4 Å². The van der Waals surface area contributed by atoms with Crippen molar-refractivity contribution in [2.75, 3.05) is 17.8 Å². The number of sulfone groups is 1. The fraction of sp³-hybridized carbons (Fsp3) is 0.263. The Morgan fingerprint density at radius 2 is 1.93 bits per heavy atom. The summed E-state index contributed by atoms with van der Waals surface area (Å²) in [6.07, 6.45) is 1.52. The van der Waals surface area contributed by atoms with Gasteiger partial charge in [0.15, 0.2) is 16.4 Å². The summed E-state index contributed by atoms with van der Waals surface area (Å²) in [7, 11) is -3.85. The van der Waals surface area contributed by atoms with E-state index in [2.05, 4.69) is 0 Å². The van der Waals surface area contributed by atoms with Gasteiger partial charge in [-0.1, -0.05) is 18.2 Å². The van der Waals surface area contributed by atoms with E-state index >= 15 is 0 Å². The van der Waals surface area contributed by atoms with Gasteiger partial charge in [0.1, 0.15) is 4.90 Å². The van der Waals surface area contributed by atoms with E-state index in [1.54, 1.807) is 4.90 Å². The number of fused-ring (bicyclic) bond motifs is 1. The minimum atomic E-state index is -3.85. The molecule has 0 radical (unpaired) electrons. The number of hydrogen-bond acceptors (Lipinski definition) is 7. The molecule has 0 bridgehead atoms. The van der Waals surface area contributed by atoms with Gasteiger partial charge in [-0.05, 0) is 37.1 Å². The largest absolute Gasteiger partial charge is 0.452 e. The van der Waals surface area contributed by atoms with Crippen molar-refractivity contribution in [2.45, 2.75) is 24.3 Å². The van der Waals surface area contributed by atoms with E-state index < -0.39 is 43.8 Å². The summed E-state index contributed by atoms with van der Waals surface area (Å²) >= 11 is 0. The molecule has 1 aliphatic rings. The molecule has 9 nitrogen and oxygen atoms in total. The third-order valence-electron chi connectivity index (χ3n) is 4.59. The number of hydrogen-bond donors (Lipinski definition) is 0. The molecule has 152 valence electrons. The molecule has 2 aromatic carbocycles. The van der Waals surface area contributed by atoms with Crippen LogP contribution in [0.1, 0.15) is 22.8 Å². The summed E-state index contributed by atoms with van der Waals surface area (Å²) in [6.45, 7) is 1.34. The lowest BCUT2D eigenvalue weighted by Gasteiger charge is -2.22. The van der Waals surface area contributed by atoms with Crippen LogP contribution in [0.25, 0.3) is 0 Å². The van der Waals surface area contributed by atoms with Gasteiger partial charge in [-0.25, -0.2) is 13.2 Å². The Hall–Kier alpha value is -3.27. The summed E-state index contributed by atoms with van der Waals surface area (Å²) < 4.78 is 28.3. The van der Waals surface area contributed by atoms with Crippen molar-refractivity contribution in [2.24, 2.45) is 0 Å². The van der Waals surface area contributed by atoms with E-state index in [1.165, 1.54) is 0 Å². The third kappa shape index (κ3) is 4.11. The van der Waals surface area contributed by atoms with Gasteiger partial charge in [0.2, 0.25) is 0 Å². The molecule has 0 aliphatic carbocycles. The molecular formula is C19H18N2O7S. The van der Waals surface area contributed by atoms with Crippen LogP contribution < -0.4 is 4.90 Å². The highest BCUT2D eigenvalue weighted by Gasteiger charge is 2.31. The van der Waals surface area contributed by atoms with Gasteiger partial charge >= 0.3 is 5.97 Å². The lowest BCUT2D eigenvalue weighted by molar-refractivity contribution is -0.387. The molecule has 3 rings (SSSR count). The number of nitrogens with zero attached hydrogens (tertiary/aromatic N) is 2. The number of para-hydroxylation sites is 1. The first-order valence-electron chi connectivity index (χ1n) is 8.65. The number of rotatable bonds is 5. The second-order valence-electron chi connectivity index (χ2n) is 6.73. The van der Waals surface area contributed by atoms with Crippen LogP contribution in [0.2, 0.25) is 0 Å². The van der Waals surface area contributed by atoms with E-state index in [-0.39, 0.29) is 11.6 Å². The third-order valence-corrected chi connectivity index (χ3v) is 5.74. The highest BCUT2D eigenvalue weighted by molar-refractivity contribution is 7.90. The van der Waals surface area contributed by atoms with Crippen molar-refractivity contribution in [3.63, 3.8) is 0 Å². The molecular weight excluding hydrogens is 400 g/mol. The summed E-state index contributed by atoms with van der Waals surface area (Å²) in [5.74, 6) is -1.38. The van der Waals surface area contributed by atoms with Crippen molar-refractivity contribution < 1.29 is 27.7 Å². The van der Waals surface area contributed by atoms with Gasteiger partial charge in [-0.3, -0.25) is 14.9 Å². The lowest BCUT2D eigenvalue weighted by atomic mass is 10.1. The fourth-order valence-electron chi connectivity index (χ4n) is 3.33. The van der Waals surface area contributed by atoms with Crippen molar-refractivity contribution in [1.29, 1.82) is 0 Å². The van der Waals surface area contributed by atoms with Gasteiger partial charge in [0, 0.05) is 24.1 Å². The van der Waals surface area contributed by atoms with Crippen LogP contribution in [-0.2, 0) is 25.8 Å². The zero-order chi connectivity index (χ0) is 21.3. The van der Waals surface area contributed by atoms with E-state index in [1.807, 2.05) is 31.2 Å². The van der Waals surface area contributed by atoms with Crippen LogP contribution in [0.5, 0.6) is 0 Å². The zero-order valence-electron chi connectivity index (χ0n) is 15.7. The Labute approximate surface area is 167 Å². The molecule has 1 aliphatic heterocycles. The predicted molar refractivity (Wildman–Crippen MR) is 104 cm³/mol. The average Bonchev–Trinajstić information content (AvgIpc) is 3.00. The first-order chi connectivity index (χ1) is 13.6. The molecule has 0 spiro atoms. The number of benzene rings is 2. The van der Waals surface area contributed by atoms with Gasteiger partial charge in [-0.15, -0.1) is 0 Å². The monoisotopic (exact) mass is 418 g/mol. The first-order valence-corrected chi connectivity index (χ1v) is 10.5. The number of ether oxygens (including phenoxy) is 1. The second kappa shape index (κ2) is 7.63. The molecule has 29 heavy (non-hydrogen) atoms. The number of esters is 1. The number of carbonyl (C=O) groups is 2. The summed E-state index contributed by atoms with van der Waals surface area (Å²) in [5, 5.41) is 11.2. The maximum absolute atomic E-state index is 12.6. The van der Waals surface area contributed by atoms with E-state index in [0.29, 0.717) is 6.42 Å². The maximum Gasteiger partial charge on any atom is 0.338 e. The highest BCUT2D eigenvalue weighted by atomic mass is 32.2. The minimum absolute atomic E-state index is 0.0891. The maximum atomic E-state index is 12.6. The molecule has 0 aromatic heterocycles. The molecule has 1 atom stereocenters. The number of amides is 1. The molecule has 10 heteroatoms. The Morgan fingerprint density at radius 1 is 1.24 bits per heavy atom. The first kappa shape index (κ1) is 20.5. The van der Waals surface area contributed by atoms with Crippen molar-refractivity contribution in [3.05, 3.63) is 63.7 Å². The molecule has 0 saturated carbocycles. The lowest BCUT2D eigenvalue weighted by Crippen LogP contribution is -2.38. The SMILES string of the molecule is C[C@@H]1Cc2ccccc2N1C(=O)COC(=O)c1ccc(S(C)(=O)=O)c([N+](=O)[O-])c1. The molecule has 0 saturated heterocycles. The van der Waals surface area contributed by atoms with Crippen molar-refractivity contribution in [3.8, 4) is 0 Å². The topological polar surface area (TPSA) is 124 Å². The fourth-order valence-corrected chi connectivity index (χ4v) is 4.15. The smallest absolute Gasteiger partial charge is 0.338 e. The number of nitro groups is 1. The molecule has 1 heterocycles. The average molecular weight is 418 g/mol. The van der Waals surface area contributed by atoms with Gasteiger partial charge in [0.25, 0.3) is 11.6 Å². The van der Waals surface area contributed by atoms with E-state index in [4.69, 9.17) is 4.74 Å². The Bertz CT molecular complexity index is 1110. The van der Waals surface area contributed by atoms with Crippen LogP contribution in [-0.4, -0.2) is 44.1 Å². The van der Waals surface area contributed by atoms with E-state index in [0.717, 1.165) is 35.7 Å². The summed E-state index contributed by atoms with van der Waals surface area (Å²) in [6, 6.07) is 10.3. The van der Waals surface area contributed by atoms with Crippen LogP contribution in [0, 0.1) is 10.1 Å². The molecule has 0 fully saturated rings. The van der Waals surface area contributed by atoms with Gasteiger partial charge < -0.3 is 9.64 Å². The van der Waals surface area contributed by atoms with E-state index in [9.17, 15) is 28.1 Å². The molecule has 0 unspecified atom stereocenters. The number of anilines is 1. The predicted octanol–water partition coefficient (Wildman–Crippen LogP) is 2.13. The Kier molecular flexibility index (Phi) is 5.38. The Balaban J connectivity index is 1.75. The quantitative estimate of drug-likeness (QED) is 0.414. The van der Waals surface area contributed by atoms with Crippen molar-refractivity contribution >= 4 is 33.1 Å². The summed E-state index contributed by atoms with van der Waals surface area (Å²) in [4.78, 5) is 36.2. The standard InChI is InChI=1S/C19H18N2O7S/c1-12-9-13-5-3-4-6-15(13)20(12)18(22)11-28-19(23)14-7-8-17(29(2,26)27)16(10-14)21(24)25/h3-8,10,12H,9,11H2,1-2H3/t12-/m1/s1. The van der Waals surface area contributed by atoms with Crippen LogP contribution in [0.3, 0.4) is 0 Å². The zero-order valence-corrected chi connectivity index (χ0v) is 16.5. The van der Waals surface area contributed by atoms with Crippen molar-refractivity contribution in [1.82, 2.24) is 0 Å². The summed E-state index contributed by atoms with van der Waals surface area (Å²) in [5.41, 5.74) is 0.836. The minimum Gasteiger partial charge on any atom is -0.452 e. The van der Waals surface area contributed by atoms with Crippen LogP contribution >= 0.6 is 0 Å². The van der Waals surface area contributed by atoms with Crippen LogP contribution in [0.4, 0.5) is 11.4 Å². The number of carbonyl (C=O) groups excluding carboxylic acids is 2. The molecule has 2 aromatic rings. The molecule has 1 amide bonds. The van der Waals surface area contributed by atoms with Gasteiger partial charge in [0.05, 0.1) is 10.5 Å². The van der Waals surface area contributed by atoms with Gasteiger partial charge in [-0.2, -0.15) is 0 Å². The molecule has 0 N–H and O–H groups in total. The second-order valence-corrected chi connectivity index (χ2v) is 8.72. The Morgan fingerprint density at radius 3 is 2.59 bits per heavy atom. The highest BCUT2D eigenvalue weighted by Crippen LogP contribution is 2.32. The number of nitro benzene ring substituents is 1. The normalized spacial score (nSPS) is 15.7.